The van der Waals surface area contributed by atoms with E-state index in [1.807, 2.05) is 6.92 Å². The Balaban J connectivity index is 2.55. The Hall–Kier alpha value is -1.41. The number of hydrogen-bond acceptors (Lipinski definition) is 12. The smallest absolute Gasteiger partial charge is 0.462 e. The van der Waals surface area contributed by atoms with Crippen molar-refractivity contribution >= 4 is 19.8 Å². The molecule has 0 bridgehead atoms. The topological polar surface area (TPSA) is 210 Å². The van der Waals surface area contributed by atoms with Crippen molar-refractivity contribution in [1.82, 2.24) is 0 Å². The molecule has 0 aliphatic heterocycles. The van der Waals surface area contributed by atoms with E-state index < -0.39 is 75.7 Å². The van der Waals surface area contributed by atoms with Crippen molar-refractivity contribution in [2.75, 3.05) is 13.2 Å². The lowest BCUT2D eigenvalue weighted by atomic mass is 9.85. The van der Waals surface area contributed by atoms with Crippen LogP contribution in [-0.4, -0.2) is 98.3 Å². The highest BCUT2D eigenvalue weighted by Crippen LogP contribution is 2.47. The minimum Gasteiger partial charge on any atom is -0.462 e. The van der Waals surface area contributed by atoms with Crippen molar-refractivity contribution in [2.45, 2.75) is 166 Å². The Morgan fingerprint density at radius 2 is 1.11 bits per heavy atom. The maximum absolute atomic E-state index is 12.6. The highest BCUT2D eigenvalue weighted by atomic mass is 31.2. The summed E-state index contributed by atoms with van der Waals surface area (Å²) < 4.78 is 32.9. The van der Waals surface area contributed by atoms with Crippen LogP contribution in [0.4, 0.5) is 0 Å². The minimum atomic E-state index is -5.09. The first kappa shape index (κ1) is 42.6. The molecule has 1 rings (SSSR count). The fourth-order valence-corrected chi connectivity index (χ4v) is 5.96. The van der Waals surface area contributed by atoms with Crippen LogP contribution in [0.2, 0.25) is 0 Å². The van der Waals surface area contributed by atoms with E-state index in [2.05, 4.69) is 19.1 Å². The zero-order chi connectivity index (χ0) is 34.4. The molecule has 0 aromatic heterocycles. The van der Waals surface area contributed by atoms with Gasteiger partial charge in [-0.3, -0.25) is 18.6 Å². The predicted molar refractivity (Wildman–Crippen MR) is 171 cm³/mol. The third-order valence-electron chi connectivity index (χ3n) is 7.86. The average Bonchev–Trinajstić information content (AvgIpc) is 3.03. The second kappa shape index (κ2) is 24.7. The Bertz CT molecular complexity index is 885. The van der Waals surface area contributed by atoms with Crippen LogP contribution in [-0.2, 0) is 32.7 Å². The van der Waals surface area contributed by atoms with Gasteiger partial charge < -0.3 is 39.9 Å². The maximum atomic E-state index is 12.6. The number of carbonyl (C=O) groups is 2. The lowest BCUT2D eigenvalue weighted by Crippen LogP contribution is -2.64. The Morgan fingerprint density at radius 1 is 0.652 bits per heavy atom. The number of ether oxygens (including phenoxy) is 2. The van der Waals surface area contributed by atoms with E-state index in [-0.39, 0.29) is 12.8 Å². The second-order valence-electron chi connectivity index (χ2n) is 12.0. The molecule has 0 spiro atoms. The van der Waals surface area contributed by atoms with Crippen LogP contribution in [0.1, 0.15) is 123 Å². The van der Waals surface area contributed by atoms with Gasteiger partial charge in [0.15, 0.2) is 6.10 Å². The van der Waals surface area contributed by atoms with Crippen molar-refractivity contribution in [1.29, 1.82) is 0 Å². The number of phosphoric ester groups is 1. The molecule has 46 heavy (non-hydrogen) atoms. The summed E-state index contributed by atoms with van der Waals surface area (Å²) in [6.07, 6.45) is 6.68. The number of aliphatic hydroxyl groups excluding tert-OH is 5. The number of unbranched alkanes of at least 4 members (excludes halogenated alkanes) is 12. The van der Waals surface area contributed by atoms with E-state index >= 15 is 0 Å². The molecule has 6 N–H and O–H groups in total. The quantitative estimate of drug-likeness (QED) is 0.0330. The summed E-state index contributed by atoms with van der Waals surface area (Å²) in [4.78, 5) is 34.9. The van der Waals surface area contributed by atoms with Crippen LogP contribution in [0.15, 0.2) is 12.2 Å². The van der Waals surface area contributed by atoms with Crippen molar-refractivity contribution in [2.24, 2.45) is 0 Å². The van der Waals surface area contributed by atoms with Crippen molar-refractivity contribution in [3.63, 3.8) is 0 Å². The molecule has 1 saturated carbocycles. The first-order chi connectivity index (χ1) is 21.9. The Morgan fingerprint density at radius 3 is 1.67 bits per heavy atom. The van der Waals surface area contributed by atoms with Crippen LogP contribution in [0, 0.1) is 0 Å². The molecule has 1 aliphatic rings. The minimum absolute atomic E-state index is 0.0883. The van der Waals surface area contributed by atoms with E-state index in [1.54, 1.807) is 0 Å². The van der Waals surface area contributed by atoms with Crippen molar-refractivity contribution < 1.29 is 63.1 Å². The normalized spacial score (nSPS) is 25.3. The number of aliphatic hydroxyl groups is 5. The number of phosphoric acid groups is 1. The van der Waals surface area contributed by atoms with E-state index in [0.717, 1.165) is 57.8 Å². The summed E-state index contributed by atoms with van der Waals surface area (Å²) in [7, 11) is -5.09. The largest absolute Gasteiger partial charge is 0.472 e. The first-order valence-corrected chi connectivity index (χ1v) is 18.5. The zero-order valence-electron chi connectivity index (χ0n) is 27.6. The Kier molecular flexibility index (Phi) is 22.9. The van der Waals surface area contributed by atoms with Crippen LogP contribution in [0.3, 0.4) is 0 Å². The van der Waals surface area contributed by atoms with Crippen LogP contribution in [0.25, 0.3) is 0 Å². The average molecular weight is 683 g/mol. The molecule has 6 unspecified atom stereocenters. The van der Waals surface area contributed by atoms with Gasteiger partial charge in [-0.2, -0.15) is 0 Å². The highest BCUT2D eigenvalue weighted by molar-refractivity contribution is 7.47. The summed E-state index contributed by atoms with van der Waals surface area (Å²) in [5.74, 6) is -1.13. The highest BCUT2D eigenvalue weighted by Gasteiger charge is 2.51. The zero-order valence-corrected chi connectivity index (χ0v) is 28.5. The molecule has 0 aromatic carbocycles. The summed E-state index contributed by atoms with van der Waals surface area (Å²) in [5.41, 5.74) is 0. The van der Waals surface area contributed by atoms with Crippen molar-refractivity contribution in [3.05, 3.63) is 12.2 Å². The fourth-order valence-electron chi connectivity index (χ4n) is 4.98. The summed E-state index contributed by atoms with van der Waals surface area (Å²) in [6.45, 7) is 3.07. The molecule has 0 heterocycles. The van der Waals surface area contributed by atoms with Crippen LogP contribution >= 0.6 is 7.82 Å². The fraction of sp³-hybridized carbons (Fsp3) is 0.875. The van der Waals surface area contributed by atoms with Crippen LogP contribution in [0.5, 0.6) is 0 Å². The molecule has 14 heteroatoms. The summed E-state index contributed by atoms with van der Waals surface area (Å²) in [5, 5.41) is 49.6. The molecule has 270 valence electrons. The lowest BCUT2D eigenvalue weighted by Gasteiger charge is -2.41. The van der Waals surface area contributed by atoms with E-state index in [0.29, 0.717) is 12.8 Å². The molecule has 0 amide bonds. The molecule has 6 atom stereocenters. The number of esters is 2. The van der Waals surface area contributed by atoms with Gasteiger partial charge in [-0.1, -0.05) is 83.8 Å². The lowest BCUT2D eigenvalue weighted by molar-refractivity contribution is -0.220. The van der Waals surface area contributed by atoms with Gasteiger partial charge in [0.25, 0.3) is 0 Å². The number of rotatable bonds is 26. The summed E-state index contributed by atoms with van der Waals surface area (Å²) in [6, 6.07) is 0. The Labute approximate surface area is 273 Å². The summed E-state index contributed by atoms with van der Waals surface area (Å²) >= 11 is 0. The van der Waals surface area contributed by atoms with Crippen LogP contribution < -0.4 is 0 Å². The van der Waals surface area contributed by atoms with Gasteiger partial charge in [0.1, 0.15) is 43.2 Å². The van der Waals surface area contributed by atoms with Gasteiger partial charge in [-0.05, 0) is 38.5 Å². The molecule has 1 fully saturated rings. The SMILES string of the molecule is CCCCCC/C=C\CCCCCCCC(=O)OC(COC(=O)CCCCCC)COP(=O)(O)OC1C(O)C(O)C(O)C(O)C1O. The number of carbonyl (C=O) groups excluding carboxylic acids is 2. The van der Waals surface area contributed by atoms with E-state index in [1.165, 1.54) is 25.7 Å². The molecule has 0 saturated heterocycles. The standard InChI is InChI=1S/C32H59O13P/c1-3-5-7-9-10-11-12-13-14-15-16-17-19-21-26(34)44-24(22-42-25(33)20-18-8-6-4-2)23-43-46(40,41)45-32-30(38)28(36)27(35)29(37)31(32)39/h11-12,24,27-32,35-39H,3-10,13-23H2,1-2H3,(H,40,41)/b12-11-. The van der Waals surface area contributed by atoms with E-state index in [9.17, 15) is 44.6 Å². The molecular formula is C32H59O13P. The first-order valence-electron chi connectivity index (χ1n) is 17.0. The molecule has 13 nitrogen and oxygen atoms in total. The monoisotopic (exact) mass is 682 g/mol. The molecule has 1 aliphatic carbocycles. The van der Waals surface area contributed by atoms with Gasteiger partial charge in [0.05, 0.1) is 6.61 Å². The van der Waals surface area contributed by atoms with Crippen molar-refractivity contribution in [3.8, 4) is 0 Å². The molecular weight excluding hydrogens is 623 g/mol. The second-order valence-corrected chi connectivity index (χ2v) is 13.4. The van der Waals surface area contributed by atoms with Gasteiger partial charge in [0.2, 0.25) is 0 Å². The number of allylic oxidation sites excluding steroid dienone is 2. The van der Waals surface area contributed by atoms with Gasteiger partial charge >= 0.3 is 19.8 Å². The van der Waals surface area contributed by atoms with E-state index in [4.69, 9.17) is 18.5 Å². The number of hydrogen-bond donors (Lipinski definition) is 6. The van der Waals surface area contributed by atoms with Gasteiger partial charge in [0, 0.05) is 12.8 Å². The third-order valence-corrected chi connectivity index (χ3v) is 8.84. The van der Waals surface area contributed by atoms with Gasteiger partial charge in [-0.15, -0.1) is 0 Å². The maximum Gasteiger partial charge on any atom is 0.472 e. The van der Waals surface area contributed by atoms with Gasteiger partial charge in [-0.25, -0.2) is 4.57 Å². The molecule has 0 radical (unpaired) electrons. The predicted octanol–water partition coefficient (Wildman–Crippen LogP) is 3.99. The molecule has 0 aromatic rings. The third kappa shape index (κ3) is 18.2.